The number of quaternary nitrogens is 1. The van der Waals surface area contributed by atoms with Crippen LogP contribution in [-0.2, 0) is 4.79 Å². The summed E-state index contributed by atoms with van der Waals surface area (Å²) in [5.41, 5.74) is 0.242. The van der Waals surface area contributed by atoms with Gasteiger partial charge >= 0.3 is 0 Å². The SMILES string of the molecule is CC(C)[C@](C)(C#N)NC(=O)C[NH2+][C@H](C)c1cccc(Cl)c1. The van der Waals surface area contributed by atoms with Crippen molar-refractivity contribution >= 4 is 17.5 Å². The number of halogens is 1. The van der Waals surface area contributed by atoms with Crippen LogP contribution in [0.4, 0.5) is 0 Å². The predicted molar refractivity (Wildman–Crippen MR) is 83.7 cm³/mol. The number of nitrogens with two attached hydrogens (primary N) is 1. The van der Waals surface area contributed by atoms with E-state index in [-0.39, 0.29) is 24.4 Å². The smallest absolute Gasteiger partial charge is 0.276 e. The van der Waals surface area contributed by atoms with Crippen molar-refractivity contribution in [2.45, 2.75) is 39.3 Å². The number of nitriles is 1. The highest BCUT2D eigenvalue weighted by Gasteiger charge is 2.30. The second-order valence-corrected chi connectivity index (χ2v) is 6.24. The minimum atomic E-state index is -0.829. The Labute approximate surface area is 131 Å². The van der Waals surface area contributed by atoms with Gasteiger partial charge in [-0.15, -0.1) is 0 Å². The van der Waals surface area contributed by atoms with E-state index in [1.54, 1.807) is 6.92 Å². The van der Waals surface area contributed by atoms with Gasteiger partial charge in [-0.05, 0) is 31.9 Å². The third-order valence-electron chi connectivity index (χ3n) is 3.82. The normalized spacial score (nSPS) is 15.1. The van der Waals surface area contributed by atoms with E-state index >= 15 is 0 Å². The first-order valence-corrected chi connectivity index (χ1v) is 7.47. The van der Waals surface area contributed by atoms with E-state index in [0.717, 1.165) is 5.56 Å². The maximum absolute atomic E-state index is 12.0. The zero-order chi connectivity index (χ0) is 16.0. The number of amides is 1. The lowest BCUT2D eigenvalue weighted by atomic mass is 9.90. The fraction of sp³-hybridized carbons (Fsp3) is 0.500. The molecule has 21 heavy (non-hydrogen) atoms. The first-order chi connectivity index (χ1) is 9.78. The van der Waals surface area contributed by atoms with Gasteiger partial charge in [-0.25, -0.2) is 0 Å². The summed E-state index contributed by atoms with van der Waals surface area (Å²) in [6, 6.07) is 9.90. The highest BCUT2D eigenvalue weighted by molar-refractivity contribution is 6.30. The highest BCUT2D eigenvalue weighted by atomic mass is 35.5. The number of carbonyl (C=O) groups is 1. The van der Waals surface area contributed by atoms with Crippen LogP contribution in [0.2, 0.25) is 5.02 Å². The highest BCUT2D eigenvalue weighted by Crippen LogP contribution is 2.15. The van der Waals surface area contributed by atoms with Crippen LogP contribution in [0.5, 0.6) is 0 Å². The molecule has 0 spiro atoms. The summed E-state index contributed by atoms with van der Waals surface area (Å²) in [5, 5.41) is 14.6. The molecular formula is C16H23ClN3O+. The van der Waals surface area contributed by atoms with Crippen molar-refractivity contribution in [1.82, 2.24) is 5.32 Å². The molecule has 0 aromatic heterocycles. The van der Waals surface area contributed by atoms with E-state index in [1.165, 1.54) is 0 Å². The average Bonchev–Trinajstić information content (AvgIpc) is 2.44. The van der Waals surface area contributed by atoms with E-state index < -0.39 is 5.54 Å². The van der Waals surface area contributed by atoms with Gasteiger partial charge in [0.1, 0.15) is 11.6 Å². The molecule has 0 fully saturated rings. The zero-order valence-corrected chi connectivity index (χ0v) is 13.7. The summed E-state index contributed by atoms with van der Waals surface area (Å²) < 4.78 is 0. The van der Waals surface area contributed by atoms with Crippen LogP contribution in [0.1, 0.15) is 39.3 Å². The van der Waals surface area contributed by atoms with Gasteiger partial charge in [0.2, 0.25) is 0 Å². The maximum Gasteiger partial charge on any atom is 0.276 e. The molecule has 2 atom stereocenters. The first-order valence-electron chi connectivity index (χ1n) is 7.09. The van der Waals surface area contributed by atoms with Crippen LogP contribution >= 0.6 is 11.6 Å². The number of carbonyl (C=O) groups excluding carboxylic acids is 1. The van der Waals surface area contributed by atoms with Crippen molar-refractivity contribution in [3.8, 4) is 6.07 Å². The monoisotopic (exact) mass is 308 g/mol. The number of nitrogens with one attached hydrogen (secondary N) is 1. The number of hydrogen-bond acceptors (Lipinski definition) is 2. The molecule has 0 unspecified atom stereocenters. The second-order valence-electron chi connectivity index (χ2n) is 5.80. The zero-order valence-electron chi connectivity index (χ0n) is 13.0. The number of benzene rings is 1. The van der Waals surface area contributed by atoms with Crippen molar-refractivity contribution in [1.29, 1.82) is 5.26 Å². The Balaban J connectivity index is 2.56. The van der Waals surface area contributed by atoms with Crippen LogP contribution < -0.4 is 10.6 Å². The average molecular weight is 309 g/mol. The van der Waals surface area contributed by atoms with E-state index in [2.05, 4.69) is 11.4 Å². The minimum Gasteiger partial charge on any atom is -0.333 e. The molecule has 0 aliphatic rings. The summed E-state index contributed by atoms with van der Waals surface area (Å²) in [6.45, 7) is 7.88. The molecule has 5 heteroatoms. The van der Waals surface area contributed by atoms with Gasteiger partial charge in [0, 0.05) is 10.6 Å². The summed E-state index contributed by atoms with van der Waals surface area (Å²) in [4.78, 5) is 12.0. The van der Waals surface area contributed by atoms with Crippen LogP contribution in [0.25, 0.3) is 0 Å². The molecule has 0 aliphatic carbocycles. The molecule has 1 rings (SSSR count). The Morgan fingerprint density at radius 3 is 2.67 bits per heavy atom. The van der Waals surface area contributed by atoms with Crippen LogP contribution in [0.15, 0.2) is 24.3 Å². The summed E-state index contributed by atoms with van der Waals surface area (Å²) in [5.74, 6) is -0.0848. The Morgan fingerprint density at radius 2 is 2.14 bits per heavy atom. The molecular weight excluding hydrogens is 286 g/mol. The molecule has 0 aliphatic heterocycles. The molecule has 0 bridgehead atoms. The van der Waals surface area contributed by atoms with Crippen LogP contribution in [0, 0.1) is 17.2 Å². The Morgan fingerprint density at radius 1 is 1.48 bits per heavy atom. The lowest BCUT2D eigenvalue weighted by Crippen LogP contribution is -2.87. The number of nitrogens with zero attached hydrogens (tertiary/aromatic N) is 1. The molecule has 3 N–H and O–H groups in total. The van der Waals surface area contributed by atoms with Gasteiger partial charge in [-0.3, -0.25) is 4.79 Å². The van der Waals surface area contributed by atoms with E-state index in [1.807, 2.05) is 50.4 Å². The van der Waals surface area contributed by atoms with E-state index in [4.69, 9.17) is 11.6 Å². The fourth-order valence-corrected chi connectivity index (χ4v) is 2.05. The van der Waals surface area contributed by atoms with Crippen LogP contribution in [-0.4, -0.2) is 18.0 Å². The lowest BCUT2D eigenvalue weighted by Gasteiger charge is -2.27. The van der Waals surface area contributed by atoms with Gasteiger partial charge < -0.3 is 10.6 Å². The van der Waals surface area contributed by atoms with Gasteiger partial charge in [-0.1, -0.05) is 37.6 Å². The third-order valence-corrected chi connectivity index (χ3v) is 4.05. The van der Waals surface area contributed by atoms with Crippen molar-refractivity contribution in [3.63, 3.8) is 0 Å². The quantitative estimate of drug-likeness (QED) is 0.844. The first kappa shape index (κ1) is 17.5. The minimum absolute atomic E-state index is 0.0526. The van der Waals surface area contributed by atoms with Gasteiger partial charge in [0.25, 0.3) is 5.91 Å². The standard InChI is InChI=1S/C16H22ClN3O/c1-11(2)16(4,10-18)20-15(21)9-19-12(3)13-6-5-7-14(17)8-13/h5-8,11-12,19H,9H2,1-4H3,(H,20,21)/p+1/t12-,16+/m1/s1. The number of rotatable bonds is 6. The molecule has 1 amide bonds. The summed E-state index contributed by atoms with van der Waals surface area (Å²) >= 11 is 5.96. The maximum atomic E-state index is 12.0. The molecule has 0 radical (unpaired) electrons. The van der Waals surface area contributed by atoms with Crippen LogP contribution in [0.3, 0.4) is 0 Å². The molecule has 0 heterocycles. The van der Waals surface area contributed by atoms with Crippen molar-refractivity contribution in [2.75, 3.05) is 6.54 Å². The van der Waals surface area contributed by atoms with Gasteiger partial charge in [-0.2, -0.15) is 5.26 Å². The topological polar surface area (TPSA) is 69.5 Å². The van der Waals surface area contributed by atoms with E-state index in [9.17, 15) is 10.1 Å². The molecule has 0 saturated carbocycles. The Hall–Kier alpha value is -1.57. The van der Waals surface area contributed by atoms with Crippen molar-refractivity contribution in [2.24, 2.45) is 5.92 Å². The molecule has 114 valence electrons. The van der Waals surface area contributed by atoms with Crippen molar-refractivity contribution in [3.05, 3.63) is 34.9 Å². The largest absolute Gasteiger partial charge is 0.333 e. The summed E-state index contributed by atoms with van der Waals surface area (Å²) in [6.07, 6.45) is 0. The van der Waals surface area contributed by atoms with Gasteiger partial charge in [0.15, 0.2) is 6.54 Å². The molecule has 4 nitrogen and oxygen atoms in total. The summed E-state index contributed by atoms with van der Waals surface area (Å²) in [7, 11) is 0. The fourth-order valence-electron chi connectivity index (χ4n) is 1.85. The molecule has 0 saturated heterocycles. The Bertz CT molecular complexity index is 539. The van der Waals surface area contributed by atoms with Gasteiger partial charge in [0.05, 0.1) is 6.07 Å². The number of hydrogen-bond donors (Lipinski definition) is 2. The Kier molecular flexibility index (Phi) is 6.19. The lowest BCUT2D eigenvalue weighted by molar-refractivity contribution is -0.682. The van der Waals surface area contributed by atoms with Crippen molar-refractivity contribution < 1.29 is 10.1 Å². The van der Waals surface area contributed by atoms with E-state index in [0.29, 0.717) is 5.02 Å². The predicted octanol–water partition coefficient (Wildman–Crippen LogP) is 2.02. The third kappa shape index (κ3) is 5.04. The second kappa shape index (κ2) is 7.44. The molecule has 1 aromatic rings. The molecule has 1 aromatic carbocycles.